The number of hydrogen-bond acceptors (Lipinski definition) is 8. The first kappa shape index (κ1) is 16.9. The number of nitriles is 2. The van der Waals surface area contributed by atoms with Gasteiger partial charge in [-0.3, -0.25) is 0 Å². The Bertz CT molecular complexity index is 902. The molecule has 2 N–H and O–H groups in total. The van der Waals surface area contributed by atoms with Crippen LogP contribution in [-0.4, -0.2) is 36.3 Å². The summed E-state index contributed by atoms with van der Waals surface area (Å²) in [4.78, 5) is 4.37. The summed E-state index contributed by atoms with van der Waals surface area (Å²) < 4.78 is 10.7. The van der Waals surface area contributed by atoms with Gasteiger partial charge in [-0.1, -0.05) is 6.07 Å². The predicted octanol–water partition coefficient (Wildman–Crippen LogP) is 2.35. The normalized spacial score (nSPS) is 11.7. The Labute approximate surface area is 148 Å². The molecule has 0 spiro atoms. The molecule has 8 heteroatoms. The molecule has 2 aromatic rings. The fourth-order valence-electron chi connectivity index (χ4n) is 2.54. The third-order valence-corrected chi connectivity index (χ3v) is 4.57. The van der Waals surface area contributed by atoms with E-state index in [0.717, 1.165) is 0 Å². The van der Waals surface area contributed by atoms with Gasteiger partial charge in [0.2, 0.25) is 6.79 Å². The van der Waals surface area contributed by atoms with Crippen LogP contribution in [0.5, 0.6) is 11.5 Å². The van der Waals surface area contributed by atoms with Crippen LogP contribution in [0.3, 0.4) is 0 Å². The van der Waals surface area contributed by atoms with Gasteiger partial charge in [-0.25, -0.2) is 4.98 Å². The molecule has 3 rings (SSSR count). The van der Waals surface area contributed by atoms with Crippen LogP contribution in [0.25, 0.3) is 11.1 Å². The number of nitrogens with zero attached hydrogens (tertiary/aromatic N) is 3. The molecule has 2 heterocycles. The average Bonchev–Trinajstić information content (AvgIpc) is 3.12. The molecule has 1 aromatic carbocycles. The molecular formula is C17H14N4O3S. The SMILES string of the molecule is CNc1nc(SCCO)c(C#N)c(-c2ccc3c(c2)OCO3)c1C#N. The molecule has 0 saturated carbocycles. The minimum Gasteiger partial charge on any atom is -0.454 e. The first-order chi connectivity index (χ1) is 12.2. The molecule has 7 nitrogen and oxygen atoms in total. The van der Waals surface area contributed by atoms with Crippen molar-refractivity contribution in [2.75, 3.05) is 31.5 Å². The van der Waals surface area contributed by atoms with Crippen molar-refractivity contribution in [3.63, 3.8) is 0 Å². The van der Waals surface area contributed by atoms with Crippen molar-refractivity contribution < 1.29 is 14.6 Å². The Kier molecular flexibility index (Phi) is 4.94. The van der Waals surface area contributed by atoms with Crippen LogP contribution in [0.1, 0.15) is 11.1 Å². The highest BCUT2D eigenvalue weighted by molar-refractivity contribution is 7.99. The number of fused-ring (bicyclic) bond motifs is 1. The number of aliphatic hydroxyl groups excluding tert-OH is 1. The minimum absolute atomic E-state index is 0.0362. The van der Waals surface area contributed by atoms with Crippen LogP contribution in [0.2, 0.25) is 0 Å². The number of rotatable bonds is 5. The number of hydrogen-bond donors (Lipinski definition) is 2. The van der Waals surface area contributed by atoms with E-state index in [9.17, 15) is 10.5 Å². The van der Waals surface area contributed by atoms with Crippen LogP contribution in [0, 0.1) is 22.7 Å². The Morgan fingerprint density at radius 2 is 2.00 bits per heavy atom. The first-order valence-electron chi connectivity index (χ1n) is 7.43. The lowest BCUT2D eigenvalue weighted by atomic mass is 9.96. The Morgan fingerprint density at radius 3 is 2.68 bits per heavy atom. The van der Waals surface area contributed by atoms with E-state index in [2.05, 4.69) is 22.4 Å². The lowest BCUT2D eigenvalue weighted by Gasteiger charge is -2.14. The standard InChI is InChI=1S/C17H14N4O3S/c1-20-16-11(7-18)15(12(8-19)17(21-16)25-5-4-22)10-2-3-13-14(6-10)24-9-23-13/h2-3,6,22H,4-5,9H2,1H3,(H,20,21). The zero-order chi connectivity index (χ0) is 17.8. The quantitative estimate of drug-likeness (QED) is 0.787. The van der Waals surface area contributed by atoms with Crippen molar-refractivity contribution >= 4 is 17.6 Å². The van der Waals surface area contributed by atoms with Gasteiger partial charge >= 0.3 is 0 Å². The lowest BCUT2D eigenvalue weighted by Crippen LogP contribution is -2.04. The number of ether oxygens (including phenoxy) is 2. The van der Waals surface area contributed by atoms with Gasteiger partial charge in [0.25, 0.3) is 0 Å². The van der Waals surface area contributed by atoms with E-state index < -0.39 is 0 Å². The third-order valence-electron chi connectivity index (χ3n) is 3.62. The van der Waals surface area contributed by atoms with E-state index in [1.807, 2.05) is 0 Å². The molecule has 0 saturated heterocycles. The van der Waals surface area contributed by atoms with Crippen molar-refractivity contribution in [1.82, 2.24) is 4.98 Å². The van der Waals surface area contributed by atoms with Gasteiger partial charge in [-0.05, 0) is 17.7 Å². The maximum atomic E-state index is 9.69. The fourth-order valence-corrected chi connectivity index (χ4v) is 3.28. The van der Waals surface area contributed by atoms with Crippen molar-refractivity contribution in [1.29, 1.82) is 10.5 Å². The zero-order valence-electron chi connectivity index (χ0n) is 13.4. The molecule has 0 radical (unpaired) electrons. The molecule has 1 aliphatic rings. The number of pyridine rings is 1. The van der Waals surface area contributed by atoms with E-state index in [-0.39, 0.29) is 19.0 Å². The van der Waals surface area contributed by atoms with Crippen molar-refractivity contribution in [2.45, 2.75) is 5.03 Å². The Morgan fingerprint density at radius 1 is 1.24 bits per heavy atom. The lowest BCUT2D eigenvalue weighted by molar-refractivity contribution is 0.174. The van der Waals surface area contributed by atoms with Crippen molar-refractivity contribution in [3.8, 4) is 34.8 Å². The van der Waals surface area contributed by atoms with Crippen LogP contribution in [0.15, 0.2) is 23.2 Å². The van der Waals surface area contributed by atoms with Crippen LogP contribution < -0.4 is 14.8 Å². The molecule has 126 valence electrons. The second-order valence-electron chi connectivity index (χ2n) is 5.00. The van der Waals surface area contributed by atoms with Gasteiger partial charge in [0.05, 0.1) is 12.2 Å². The van der Waals surface area contributed by atoms with Gasteiger partial charge in [-0.2, -0.15) is 10.5 Å². The third kappa shape index (κ3) is 3.05. The summed E-state index contributed by atoms with van der Waals surface area (Å²) in [7, 11) is 1.67. The summed E-state index contributed by atoms with van der Waals surface area (Å²) in [5.74, 6) is 1.97. The Balaban J connectivity index is 2.26. The molecule has 25 heavy (non-hydrogen) atoms. The van der Waals surface area contributed by atoms with Crippen molar-refractivity contribution in [2.24, 2.45) is 0 Å². The summed E-state index contributed by atoms with van der Waals surface area (Å²) in [6, 6.07) is 9.56. The minimum atomic E-state index is -0.0362. The average molecular weight is 354 g/mol. The second kappa shape index (κ2) is 7.31. The Hall–Kier alpha value is -2.94. The molecule has 0 fully saturated rings. The second-order valence-corrected chi connectivity index (χ2v) is 6.09. The first-order valence-corrected chi connectivity index (χ1v) is 8.41. The van der Waals surface area contributed by atoms with Crippen LogP contribution in [-0.2, 0) is 0 Å². The highest BCUT2D eigenvalue weighted by atomic mass is 32.2. The molecule has 1 aliphatic heterocycles. The van der Waals surface area contributed by atoms with E-state index in [1.165, 1.54) is 11.8 Å². The molecule has 0 bridgehead atoms. The number of nitrogens with one attached hydrogen (secondary N) is 1. The van der Waals surface area contributed by atoms with Crippen LogP contribution in [0.4, 0.5) is 5.82 Å². The summed E-state index contributed by atoms with van der Waals surface area (Å²) in [5.41, 5.74) is 1.74. The van der Waals surface area contributed by atoms with E-state index in [0.29, 0.717) is 44.8 Å². The maximum Gasteiger partial charge on any atom is 0.231 e. The van der Waals surface area contributed by atoms with Gasteiger partial charge < -0.3 is 19.9 Å². The van der Waals surface area contributed by atoms with E-state index in [1.54, 1.807) is 25.2 Å². The van der Waals surface area contributed by atoms with Crippen molar-refractivity contribution in [3.05, 3.63) is 29.3 Å². The molecule has 0 amide bonds. The summed E-state index contributed by atoms with van der Waals surface area (Å²) in [6.07, 6.45) is 0. The van der Waals surface area contributed by atoms with E-state index >= 15 is 0 Å². The van der Waals surface area contributed by atoms with Crippen LogP contribution >= 0.6 is 11.8 Å². The number of thioether (sulfide) groups is 1. The molecule has 0 aliphatic carbocycles. The number of benzene rings is 1. The topological polar surface area (TPSA) is 111 Å². The number of aromatic nitrogens is 1. The number of aliphatic hydroxyl groups is 1. The zero-order valence-corrected chi connectivity index (χ0v) is 14.2. The highest BCUT2D eigenvalue weighted by Gasteiger charge is 2.23. The van der Waals surface area contributed by atoms with Gasteiger partial charge in [-0.15, -0.1) is 11.8 Å². The highest BCUT2D eigenvalue weighted by Crippen LogP contribution is 2.41. The molecule has 0 atom stereocenters. The largest absolute Gasteiger partial charge is 0.454 e. The summed E-state index contributed by atoms with van der Waals surface area (Å²) in [5, 5.41) is 31.8. The predicted molar refractivity (Wildman–Crippen MR) is 92.6 cm³/mol. The summed E-state index contributed by atoms with van der Waals surface area (Å²) in [6.45, 7) is 0.107. The smallest absolute Gasteiger partial charge is 0.231 e. The fraction of sp³-hybridized carbons (Fsp3) is 0.235. The molecular weight excluding hydrogens is 340 g/mol. The summed E-state index contributed by atoms with van der Waals surface area (Å²) >= 11 is 1.27. The van der Waals surface area contributed by atoms with Gasteiger partial charge in [0, 0.05) is 18.4 Å². The van der Waals surface area contributed by atoms with Gasteiger partial charge in [0.1, 0.15) is 28.5 Å². The van der Waals surface area contributed by atoms with Gasteiger partial charge in [0.15, 0.2) is 11.5 Å². The van der Waals surface area contributed by atoms with E-state index in [4.69, 9.17) is 14.6 Å². The molecule has 1 aromatic heterocycles. The maximum absolute atomic E-state index is 9.69. The monoisotopic (exact) mass is 354 g/mol. The molecule has 0 unspecified atom stereocenters. The number of anilines is 1.